The molecule has 1 aliphatic rings. The fourth-order valence-electron chi connectivity index (χ4n) is 2.15. The van der Waals surface area contributed by atoms with Crippen LogP contribution in [0.4, 0.5) is 10.7 Å². The number of hydrogen-bond acceptors (Lipinski definition) is 6. The van der Waals surface area contributed by atoms with Crippen LogP contribution in [0.15, 0.2) is 6.07 Å². The number of nitrogens with one attached hydrogen (secondary N) is 1. The molecule has 1 saturated carbocycles. The maximum Gasteiger partial charge on any atom is 0.350 e. The van der Waals surface area contributed by atoms with Crippen molar-refractivity contribution in [2.45, 2.75) is 37.8 Å². The quantitative estimate of drug-likeness (QED) is 0.730. The molecule has 18 heavy (non-hydrogen) atoms. The zero-order valence-electron chi connectivity index (χ0n) is 10.3. The number of esters is 1. The Labute approximate surface area is 110 Å². The molecule has 0 atom stereocenters. The SMILES string of the molecule is COC(=O)c1sc(NC2CCC(O)CC2)cc1N. The number of carbonyl (C=O) groups is 1. The van der Waals surface area contributed by atoms with Crippen LogP contribution in [-0.2, 0) is 4.74 Å². The topological polar surface area (TPSA) is 84.6 Å². The van der Waals surface area contributed by atoms with Crippen molar-refractivity contribution in [1.82, 2.24) is 0 Å². The highest BCUT2D eigenvalue weighted by atomic mass is 32.1. The Morgan fingerprint density at radius 2 is 2.17 bits per heavy atom. The van der Waals surface area contributed by atoms with Crippen LogP contribution in [0.1, 0.15) is 35.4 Å². The molecule has 1 aromatic rings. The van der Waals surface area contributed by atoms with Crippen LogP contribution in [0.3, 0.4) is 0 Å². The first-order valence-corrected chi connectivity index (χ1v) is 6.84. The largest absolute Gasteiger partial charge is 0.465 e. The third-order valence-corrected chi connectivity index (χ3v) is 4.24. The van der Waals surface area contributed by atoms with E-state index in [0.29, 0.717) is 16.6 Å². The lowest BCUT2D eigenvalue weighted by Crippen LogP contribution is -2.27. The van der Waals surface area contributed by atoms with Gasteiger partial charge >= 0.3 is 5.97 Å². The van der Waals surface area contributed by atoms with E-state index in [1.807, 2.05) is 0 Å². The van der Waals surface area contributed by atoms with Gasteiger partial charge in [0.25, 0.3) is 0 Å². The summed E-state index contributed by atoms with van der Waals surface area (Å²) >= 11 is 1.31. The summed E-state index contributed by atoms with van der Waals surface area (Å²) in [4.78, 5) is 11.9. The Bertz CT molecular complexity index is 425. The average Bonchev–Trinajstić information content (AvgIpc) is 2.72. The first-order valence-electron chi connectivity index (χ1n) is 6.02. The van der Waals surface area contributed by atoms with Gasteiger partial charge in [-0.05, 0) is 31.7 Å². The standard InChI is InChI=1S/C12H18N2O3S/c1-17-12(16)11-9(13)6-10(18-11)14-7-2-4-8(15)5-3-7/h6-8,14-15H,2-5,13H2,1H3. The van der Waals surface area contributed by atoms with Crippen LogP contribution in [0.2, 0.25) is 0 Å². The third kappa shape index (κ3) is 2.94. The van der Waals surface area contributed by atoms with E-state index >= 15 is 0 Å². The number of carbonyl (C=O) groups excluding carboxylic acids is 1. The number of aliphatic hydroxyl groups is 1. The minimum atomic E-state index is -0.399. The Kier molecular flexibility index (Phi) is 4.08. The summed E-state index contributed by atoms with van der Waals surface area (Å²) in [5.41, 5.74) is 6.22. The van der Waals surface area contributed by atoms with Gasteiger partial charge in [-0.1, -0.05) is 0 Å². The number of nitrogen functional groups attached to an aromatic ring is 1. The highest BCUT2D eigenvalue weighted by molar-refractivity contribution is 7.18. The zero-order chi connectivity index (χ0) is 13.1. The van der Waals surface area contributed by atoms with Gasteiger partial charge in [0.1, 0.15) is 4.88 Å². The second kappa shape index (κ2) is 5.58. The van der Waals surface area contributed by atoms with Gasteiger partial charge in [0.05, 0.1) is 23.9 Å². The number of anilines is 2. The Hall–Kier alpha value is -1.27. The van der Waals surface area contributed by atoms with Gasteiger partial charge in [-0.15, -0.1) is 11.3 Å². The Morgan fingerprint density at radius 3 is 2.78 bits per heavy atom. The number of methoxy groups -OCH3 is 1. The van der Waals surface area contributed by atoms with Crippen LogP contribution >= 0.6 is 11.3 Å². The smallest absolute Gasteiger partial charge is 0.350 e. The van der Waals surface area contributed by atoms with Crippen molar-refractivity contribution < 1.29 is 14.6 Å². The van der Waals surface area contributed by atoms with E-state index < -0.39 is 5.97 Å². The molecule has 1 aromatic heterocycles. The normalized spacial score (nSPS) is 23.7. The molecule has 0 unspecified atom stereocenters. The molecule has 4 N–H and O–H groups in total. The molecule has 2 rings (SSSR count). The molecule has 0 amide bonds. The summed E-state index contributed by atoms with van der Waals surface area (Å²) in [5.74, 6) is -0.399. The summed E-state index contributed by atoms with van der Waals surface area (Å²) in [6.45, 7) is 0. The number of thiophene rings is 1. The lowest BCUT2D eigenvalue weighted by atomic mass is 9.93. The summed E-state index contributed by atoms with van der Waals surface area (Å²) < 4.78 is 4.67. The maximum atomic E-state index is 11.4. The van der Waals surface area contributed by atoms with Crippen molar-refractivity contribution in [2.24, 2.45) is 0 Å². The predicted molar refractivity (Wildman–Crippen MR) is 72.0 cm³/mol. The van der Waals surface area contributed by atoms with Gasteiger partial charge in [0.15, 0.2) is 0 Å². The molecule has 1 fully saturated rings. The van der Waals surface area contributed by atoms with Crippen LogP contribution in [0.5, 0.6) is 0 Å². The first-order chi connectivity index (χ1) is 8.60. The monoisotopic (exact) mass is 270 g/mol. The number of rotatable bonds is 3. The Morgan fingerprint density at radius 1 is 1.50 bits per heavy atom. The number of nitrogens with two attached hydrogens (primary N) is 1. The van der Waals surface area contributed by atoms with Crippen LogP contribution in [-0.4, -0.2) is 30.3 Å². The highest BCUT2D eigenvalue weighted by Crippen LogP contribution is 2.32. The minimum absolute atomic E-state index is 0.165. The summed E-state index contributed by atoms with van der Waals surface area (Å²) in [5, 5.41) is 13.7. The molecule has 0 radical (unpaired) electrons. The van der Waals surface area contributed by atoms with Gasteiger partial charge in [-0.2, -0.15) is 0 Å². The van der Waals surface area contributed by atoms with Gasteiger partial charge < -0.3 is 20.9 Å². The van der Waals surface area contributed by atoms with E-state index in [1.54, 1.807) is 6.07 Å². The summed E-state index contributed by atoms with van der Waals surface area (Å²) in [7, 11) is 1.34. The second-order valence-corrected chi connectivity index (χ2v) is 5.59. The van der Waals surface area contributed by atoms with E-state index in [9.17, 15) is 9.90 Å². The zero-order valence-corrected chi connectivity index (χ0v) is 11.1. The molecule has 0 aromatic carbocycles. The van der Waals surface area contributed by atoms with Gasteiger partial charge in [0, 0.05) is 6.04 Å². The second-order valence-electron chi connectivity index (χ2n) is 4.54. The van der Waals surface area contributed by atoms with Crippen molar-refractivity contribution in [1.29, 1.82) is 0 Å². The Balaban J connectivity index is 2.00. The predicted octanol–water partition coefficient (Wildman–Crippen LogP) is 1.83. The minimum Gasteiger partial charge on any atom is -0.465 e. The molecule has 1 aliphatic carbocycles. The van der Waals surface area contributed by atoms with Crippen LogP contribution in [0, 0.1) is 0 Å². The number of ether oxygens (including phenoxy) is 1. The molecule has 1 heterocycles. The van der Waals surface area contributed by atoms with Crippen molar-refractivity contribution in [3.63, 3.8) is 0 Å². The van der Waals surface area contributed by atoms with E-state index in [4.69, 9.17) is 5.73 Å². The van der Waals surface area contributed by atoms with E-state index in [-0.39, 0.29) is 6.10 Å². The average molecular weight is 270 g/mol. The fraction of sp³-hybridized carbons (Fsp3) is 0.583. The number of aliphatic hydroxyl groups excluding tert-OH is 1. The molecule has 0 saturated heterocycles. The van der Waals surface area contributed by atoms with E-state index in [0.717, 1.165) is 30.7 Å². The lowest BCUT2D eigenvalue weighted by Gasteiger charge is -2.26. The highest BCUT2D eigenvalue weighted by Gasteiger charge is 2.21. The van der Waals surface area contributed by atoms with Crippen LogP contribution in [0.25, 0.3) is 0 Å². The van der Waals surface area contributed by atoms with Gasteiger partial charge in [0.2, 0.25) is 0 Å². The van der Waals surface area contributed by atoms with Crippen molar-refractivity contribution >= 4 is 28.0 Å². The van der Waals surface area contributed by atoms with E-state index in [1.165, 1.54) is 18.4 Å². The van der Waals surface area contributed by atoms with Crippen molar-refractivity contribution in [3.05, 3.63) is 10.9 Å². The number of hydrogen-bond donors (Lipinski definition) is 3. The summed E-state index contributed by atoms with van der Waals surface area (Å²) in [6, 6.07) is 2.11. The lowest BCUT2D eigenvalue weighted by molar-refractivity contribution is 0.0607. The molecule has 100 valence electrons. The molecular formula is C12H18N2O3S. The molecular weight excluding hydrogens is 252 g/mol. The van der Waals surface area contributed by atoms with E-state index in [2.05, 4.69) is 10.1 Å². The maximum absolute atomic E-state index is 11.4. The van der Waals surface area contributed by atoms with Crippen molar-refractivity contribution in [2.75, 3.05) is 18.2 Å². The van der Waals surface area contributed by atoms with Crippen LogP contribution < -0.4 is 11.1 Å². The molecule has 0 bridgehead atoms. The molecule has 5 nitrogen and oxygen atoms in total. The first kappa shape index (κ1) is 13.2. The third-order valence-electron chi connectivity index (χ3n) is 3.17. The van der Waals surface area contributed by atoms with Crippen molar-refractivity contribution in [3.8, 4) is 0 Å². The summed E-state index contributed by atoms with van der Waals surface area (Å²) in [6.07, 6.45) is 3.35. The van der Waals surface area contributed by atoms with Gasteiger partial charge in [-0.25, -0.2) is 4.79 Å². The fourth-order valence-corrected chi connectivity index (χ4v) is 3.12. The molecule has 0 spiro atoms. The molecule has 0 aliphatic heterocycles. The molecule has 6 heteroatoms. The van der Waals surface area contributed by atoms with Gasteiger partial charge in [-0.3, -0.25) is 0 Å².